The minimum atomic E-state index is -1.23. The molecule has 5 heteroatoms. The molecule has 0 saturated carbocycles. The number of hydrogen-bond acceptors (Lipinski definition) is 3. The van der Waals surface area contributed by atoms with Gasteiger partial charge < -0.3 is 14.9 Å². The highest BCUT2D eigenvalue weighted by Gasteiger charge is 2.20. The molecule has 1 atom stereocenters. The Kier molecular flexibility index (Phi) is 4.73. The third-order valence-electron chi connectivity index (χ3n) is 3.78. The van der Waals surface area contributed by atoms with E-state index in [1.54, 1.807) is 6.07 Å². The lowest BCUT2D eigenvalue weighted by molar-refractivity contribution is 0.0692. The third-order valence-corrected chi connectivity index (χ3v) is 3.78. The summed E-state index contributed by atoms with van der Waals surface area (Å²) in [6.45, 7) is 3.86. The molecule has 0 amide bonds. The van der Waals surface area contributed by atoms with E-state index in [2.05, 4.69) is 16.8 Å². The molecule has 20 heavy (non-hydrogen) atoms. The average molecular weight is 280 g/mol. The number of carboxylic acid groups (broad SMARTS) is 1. The number of benzene rings is 1. The average Bonchev–Trinajstić information content (AvgIpc) is 2.74. The molecule has 0 radical (unpaired) electrons. The number of rotatable bonds is 5. The van der Waals surface area contributed by atoms with Gasteiger partial charge >= 0.3 is 5.97 Å². The Morgan fingerprint density at radius 1 is 1.55 bits per heavy atom. The zero-order valence-electron chi connectivity index (χ0n) is 12.0. The van der Waals surface area contributed by atoms with Crippen LogP contribution in [0.4, 0.5) is 4.39 Å². The van der Waals surface area contributed by atoms with E-state index in [1.165, 1.54) is 18.6 Å². The fourth-order valence-corrected chi connectivity index (χ4v) is 2.82. The molecular formula is C15H21FN2O2. The highest BCUT2D eigenvalue weighted by Crippen LogP contribution is 2.17. The van der Waals surface area contributed by atoms with Crippen LogP contribution in [0.5, 0.6) is 0 Å². The fourth-order valence-electron chi connectivity index (χ4n) is 2.82. The molecule has 0 bridgehead atoms. The van der Waals surface area contributed by atoms with Crippen LogP contribution in [0.1, 0.15) is 22.3 Å². The first kappa shape index (κ1) is 14.9. The monoisotopic (exact) mass is 280 g/mol. The van der Waals surface area contributed by atoms with Crippen LogP contribution in [0, 0.1) is 11.7 Å². The van der Waals surface area contributed by atoms with Gasteiger partial charge in [0.15, 0.2) is 0 Å². The van der Waals surface area contributed by atoms with E-state index in [4.69, 9.17) is 5.11 Å². The van der Waals surface area contributed by atoms with Gasteiger partial charge in [-0.25, -0.2) is 9.18 Å². The van der Waals surface area contributed by atoms with Gasteiger partial charge in [0.1, 0.15) is 5.82 Å². The van der Waals surface area contributed by atoms with Crippen LogP contribution in [0.3, 0.4) is 0 Å². The summed E-state index contributed by atoms with van der Waals surface area (Å²) in [6.07, 6.45) is 1.20. The first-order valence-electron chi connectivity index (χ1n) is 6.84. The van der Waals surface area contributed by atoms with Crippen LogP contribution in [0.25, 0.3) is 0 Å². The summed E-state index contributed by atoms with van der Waals surface area (Å²) >= 11 is 0. The molecule has 1 N–H and O–H groups in total. The van der Waals surface area contributed by atoms with Crippen molar-refractivity contribution in [2.24, 2.45) is 5.92 Å². The SMILES string of the molecule is CN1CCC(CN(C)Cc2ccc(C(=O)O)c(F)c2)C1. The largest absolute Gasteiger partial charge is 0.478 e. The molecular weight excluding hydrogens is 259 g/mol. The molecule has 1 aliphatic rings. The predicted octanol–water partition coefficient (Wildman–Crippen LogP) is 1.91. The predicted molar refractivity (Wildman–Crippen MR) is 75.3 cm³/mol. The van der Waals surface area contributed by atoms with E-state index in [1.807, 2.05) is 7.05 Å². The van der Waals surface area contributed by atoms with Gasteiger partial charge in [-0.15, -0.1) is 0 Å². The third kappa shape index (κ3) is 3.77. The van der Waals surface area contributed by atoms with Gasteiger partial charge in [0.2, 0.25) is 0 Å². The zero-order chi connectivity index (χ0) is 14.7. The van der Waals surface area contributed by atoms with Crippen molar-refractivity contribution in [2.75, 3.05) is 33.7 Å². The van der Waals surface area contributed by atoms with E-state index in [0.29, 0.717) is 12.5 Å². The van der Waals surface area contributed by atoms with Crippen molar-refractivity contribution in [3.8, 4) is 0 Å². The Bertz CT molecular complexity index is 493. The molecule has 0 spiro atoms. The van der Waals surface area contributed by atoms with Crippen molar-refractivity contribution in [2.45, 2.75) is 13.0 Å². The molecule has 1 aliphatic heterocycles. The molecule has 0 aliphatic carbocycles. The Hall–Kier alpha value is -1.46. The highest BCUT2D eigenvalue weighted by molar-refractivity contribution is 5.87. The summed E-state index contributed by atoms with van der Waals surface area (Å²) in [5.41, 5.74) is 0.537. The Morgan fingerprint density at radius 2 is 2.30 bits per heavy atom. The van der Waals surface area contributed by atoms with Crippen molar-refractivity contribution in [1.82, 2.24) is 9.80 Å². The maximum Gasteiger partial charge on any atom is 0.338 e. The fraction of sp³-hybridized carbons (Fsp3) is 0.533. The van der Waals surface area contributed by atoms with Crippen LogP contribution in [-0.2, 0) is 6.54 Å². The number of nitrogens with zero attached hydrogens (tertiary/aromatic N) is 2. The summed E-state index contributed by atoms with van der Waals surface area (Å²) in [4.78, 5) is 15.2. The number of likely N-dealkylation sites (tertiary alicyclic amines) is 1. The highest BCUT2D eigenvalue weighted by atomic mass is 19.1. The molecule has 1 saturated heterocycles. The Morgan fingerprint density at radius 3 is 2.85 bits per heavy atom. The van der Waals surface area contributed by atoms with E-state index < -0.39 is 11.8 Å². The first-order chi connectivity index (χ1) is 9.45. The van der Waals surface area contributed by atoms with Crippen molar-refractivity contribution in [1.29, 1.82) is 0 Å². The first-order valence-corrected chi connectivity index (χ1v) is 6.84. The second-order valence-electron chi connectivity index (χ2n) is 5.73. The van der Waals surface area contributed by atoms with Crippen molar-refractivity contribution >= 4 is 5.97 Å². The quantitative estimate of drug-likeness (QED) is 0.895. The molecule has 1 heterocycles. The summed E-state index contributed by atoms with van der Waals surface area (Å²) < 4.78 is 13.6. The minimum Gasteiger partial charge on any atom is -0.478 e. The van der Waals surface area contributed by atoms with E-state index in [0.717, 1.165) is 25.2 Å². The maximum absolute atomic E-state index is 13.6. The molecule has 1 fully saturated rings. The van der Waals surface area contributed by atoms with Crippen molar-refractivity contribution in [3.63, 3.8) is 0 Å². The zero-order valence-corrected chi connectivity index (χ0v) is 12.0. The second-order valence-corrected chi connectivity index (χ2v) is 5.73. The molecule has 1 aromatic rings. The van der Waals surface area contributed by atoms with Gasteiger partial charge in [-0.1, -0.05) is 6.07 Å². The van der Waals surface area contributed by atoms with Gasteiger partial charge in [-0.05, 0) is 50.7 Å². The number of hydrogen-bond donors (Lipinski definition) is 1. The summed E-state index contributed by atoms with van der Waals surface area (Å²) in [7, 11) is 4.14. The second kappa shape index (κ2) is 6.33. The van der Waals surface area contributed by atoms with Gasteiger partial charge in [0.05, 0.1) is 5.56 Å². The minimum absolute atomic E-state index is 0.270. The molecule has 0 aromatic heterocycles. The van der Waals surface area contributed by atoms with Gasteiger partial charge in [0, 0.05) is 19.6 Å². The Balaban J connectivity index is 1.92. The maximum atomic E-state index is 13.6. The van der Waals surface area contributed by atoms with E-state index >= 15 is 0 Å². The topological polar surface area (TPSA) is 43.8 Å². The lowest BCUT2D eigenvalue weighted by Crippen LogP contribution is -2.27. The van der Waals surface area contributed by atoms with Gasteiger partial charge in [-0.3, -0.25) is 0 Å². The molecule has 2 rings (SSSR count). The smallest absolute Gasteiger partial charge is 0.338 e. The summed E-state index contributed by atoms with van der Waals surface area (Å²) in [5, 5.41) is 8.80. The molecule has 110 valence electrons. The van der Waals surface area contributed by atoms with Crippen molar-refractivity contribution in [3.05, 3.63) is 35.1 Å². The molecule has 4 nitrogen and oxygen atoms in total. The van der Waals surface area contributed by atoms with Gasteiger partial charge in [-0.2, -0.15) is 0 Å². The van der Waals surface area contributed by atoms with Crippen LogP contribution in [0.15, 0.2) is 18.2 Å². The lowest BCUT2D eigenvalue weighted by Gasteiger charge is -2.21. The lowest BCUT2D eigenvalue weighted by atomic mass is 10.1. The number of aromatic carboxylic acids is 1. The van der Waals surface area contributed by atoms with Crippen LogP contribution >= 0.6 is 0 Å². The normalized spacial score (nSPS) is 19.7. The number of halogens is 1. The standard InChI is InChI=1S/C15H21FN2O2/c1-17-6-5-12(9-17)10-18(2)8-11-3-4-13(15(19)20)14(16)7-11/h3-4,7,12H,5-6,8-10H2,1-2H3,(H,19,20). The van der Waals surface area contributed by atoms with E-state index in [-0.39, 0.29) is 5.56 Å². The van der Waals surface area contributed by atoms with Crippen LogP contribution in [0.2, 0.25) is 0 Å². The van der Waals surface area contributed by atoms with Crippen LogP contribution in [-0.4, -0.2) is 54.6 Å². The summed E-state index contributed by atoms with van der Waals surface area (Å²) in [5.74, 6) is -1.23. The van der Waals surface area contributed by atoms with Crippen molar-refractivity contribution < 1.29 is 14.3 Å². The van der Waals surface area contributed by atoms with Crippen LogP contribution < -0.4 is 0 Å². The van der Waals surface area contributed by atoms with E-state index in [9.17, 15) is 9.18 Å². The number of carbonyl (C=O) groups is 1. The van der Waals surface area contributed by atoms with Gasteiger partial charge in [0.25, 0.3) is 0 Å². The summed E-state index contributed by atoms with van der Waals surface area (Å²) in [6, 6.07) is 4.34. The number of carboxylic acids is 1. The molecule has 1 unspecified atom stereocenters. The Labute approximate surface area is 118 Å². The molecule has 1 aromatic carbocycles.